The lowest BCUT2D eigenvalue weighted by atomic mass is 9.88. The third-order valence-corrected chi connectivity index (χ3v) is 6.31. The normalized spacial score (nSPS) is 15.9. The fourth-order valence-corrected chi connectivity index (χ4v) is 4.68. The number of hydrogen-bond acceptors (Lipinski definition) is 5. The Morgan fingerprint density at radius 3 is 2.80 bits per heavy atom. The number of hydrogen-bond donors (Lipinski definition) is 4. The van der Waals surface area contributed by atoms with Crippen LogP contribution in [0.25, 0.3) is 16.5 Å². The van der Waals surface area contributed by atoms with Crippen molar-refractivity contribution < 1.29 is 22.3 Å². The third kappa shape index (κ3) is 3.96. The Balaban J connectivity index is 1.77. The number of aromatic nitrogens is 4. The molecule has 0 saturated carbocycles. The molecule has 3 heterocycles. The summed E-state index contributed by atoms with van der Waals surface area (Å²) in [6.45, 7) is 1.44. The molecule has 0 spiro atoms. The molecule has 1 amide bonds. The number of benzene rings is 1. The van der Waals surface area contributed by atoms with E-state index in [9.17, 15) is 27.1 Å². The van der Waals surface area contributed by atoms with Crippen LogP contribution >= 0.6 is 0 Å². The molecule has 4 aromatic rings. The number of aromatic amines is 2. The average Bonchev–Trinajstić information content (AvgIpc) is 3.36. The summed E-state index contributed by atoms with van der Waals surface area (Å²) in [6.07, 6.45) is 2.80. The summed E-state index contributed by atoms with van der Waals surface area (Å²) in [5.41, 5.74) is 0.651. The van der Waals surface area contributed by atoms with Gasteiger partial charge in [0.15, 0.2) is 0 Å². The van der Waals surface area contributed by atoms with E-state index in [1.165, 1.54) is 37.5 Å². The highest BCUT2D eigenvalue weighted by atomic mass is 32.2. The molecule has 3 aromatic heterocycles. The van der Waals surface area contributed by atoms with Crippen LogP contribution in [0.3, 0.4) is 0 Å². The highest BCUT2D eigenvalue weighted by Gasteiger charge is 2.39. The number of pyridine rings is 2. The smallest absolute Gasteiger partial charge is 0.261 e. The maximum absolute atomic E-state index is 15.0. The van der Waals surface area contributed by atoms with Crippen molar-refractivity contribution in [2.75, 3.05) is 0 Å². The number of aryl methyl sites for hydroxylation is 1. The Labute approximate surface area is 198 Å². The van der Waals surface area contributed by atoms with E-state index in [2.05, 4.69) is 20.2 Å². The number of H-pyrrole nitrogens is 2. The zero-order valence-corrected chi connectivity index (χ0v) is 18.9. The van der Waals surface area contributed by atoms with Crippen molar-refractivity contribution in [1.29, 1.82) is 0 Å². The van der Waals surface area contributed by atoms with Gasteiger partial charge in [0.05, 0.1) is 23.1 Å². The predicted octanol–water partition coefficient (Wildman–Crippen LogP) is 2.63. The first-order valence-corrected chi connectivity index (χ1v) is 11.5. The summed E-state index contributed by atoms with van der Waals surface area (Å²) in [5, 5.41) is 7.18. The van der Waals surface area contributed by atoms with Crippen molar-refractivity contribution in [2.45, 2.75) is 19.3 Å². The van der Waals surface area contributed by atoms with E-state index in [0.717, 1.165) is 0 Å². The number of carbonyl (C=O) groups is 1. The van der Waals surface area contributed by atoms with Crippen LogP contribution in [0.5, 0.6) is 0 Å². The van der Waals surface area contributed by atoms with Gasteiger partial charge in [0, 0.05) is 34.2 Å². The second kappa shape index (κ2) is 8.64. The molecule has 0 aliphatic heterocycles. The molecular weight excluding hydrogens is 480 g/mol. The Bertz CT molecular complexity index is 1630. The number of halogens is 2. The molecule has 178 valence electrons. The zero-order valence-electron chi connectivity index (χ0n) is 18.1. The second-order valence-electron chi connectivity index (χ2n) is 8.03. The van der Waals surface area contributed by atoms with Gasteiger partial charge in [0.2, 0.25) is 0 Å². The zero-order chi connectivity index (χ0) is 24.9. The third-order valence-electron chi connectivity index (χ3n) is 5.95. The maximum Gasteiger partial charge on any atom is 0.261 e. The molecule has 2 unspecified atom stereocenters. The molecule has 1 aromatic carbocycles. The molecule has 0 saturated heterocycles. The Kier molecular flexibility index (Phi) is 5.61. The summed E-state index contributed by atoms with van der Waals surface area (Å²) in [6, 6.07) is 7.01. The van der Waals surface area contributed by atoms with E-state index in [-0.39, 0.29) is 45.6 Å². The molecule has 0 radical (unpaired) electrons. The first-order chi connectivity index (χ1) is 16.7. The number of amides is 1. The molecular formula is C23H17F2N5O4S. The molecule has 4 N–H and O–H groups in total. The standard InChI is InChI=1S/C23H17F2N5O4S/c1-10-16(24)7-15-14(6-11-5-12-9-27-29-18(12)8-17(11)25)20(23(32)30-35(33)34)19(21(15)28-10)13-3-2-4-26-22(13)31/h2-5,7-9,14H,6H2,1H3,(H,26,31)(H,27,29)(H,30,32)(H,33,34). The number of fused-ring (bicyclic) bond motifs is 2. The maximum atomic E-state index is 15.0. The Morgan fingerprint density at radius 1 is 1.26 bits per heavy atom. The van der Waals surface area contributed by atoms with Crippen LogP contribution in [0.15, 0.2) is 53.1 Å². The number of nitrogens with zero attached hydrogens (tertiary/aromatic N) is 2. The average molecular weight is 497 g/mol. The first kappa shape index (κ1) is 22.7. The van der Waals surface area contributed by atoms with Crippen LogP contribution in [-0.2, 0) is 22.5 Å². The lowest BCUT2D eigenvalue weighted by Crippen LogP contribution is -2.29. The molecule has 35 heavy (non-hydrogen) atoms. The fraction of sp³-hybridized carbons (Fsp3) is 0.130. The quantitative estimate of drug-likeness (QED) is 0.313. The van der Waals surface area contributed by atoms with Crippen LogP contribution < -0.4 is 10.3 Å². The van der Waals surface area contributed by atoms with Crippen molar-refractivity contribution in [3.63, 3.8) is 0 Å². The summed E-state index contributed by atoms with van der Waals surface area (Å²) < 4.78 is 52.3. The summed E-state index contributed by atoms with van der Waals surface area (Å²) >= 11 is -2.72. The van der Waals surface area contributed by atoms with Crippen molar-refractivity contribution in [2.24, 2.45) is 0 Å². The van der Waals surface area contributed by atoms with Crippen LogP contribution in [0, 0.1) is 18.6 Å². The van der Waals surface area contributed by atoms with Crippen LogP contribution in [-0.4, -0.2) is 34.8 Å². The number of nitrogens with one attached hydrogen (secondary N) is 3. The molecule has 0 bridgehead atoms. The van der Waals surface area contributed by atoms with Gasteiger partial charge in [0.1, 0.15) is 11.6 Å². The van der Waals surface area contributed by atoms with Crippen LogP contribution in [0.2, 0.25) is 0 Å². The van der Waals surface area contributed by atoms with Crippen molar-refractivity contribution in [1.82, 2.24) is 24.9 Å². The van der Waals surface area contributed by atoms with Crippen molar-refractivity contribution >= 4 is 33.6 Å². The van der Waals surface area contributed by atoms with Gasteiger partial charge in [-0.3, -0.25) is 19.2 Å². The summed E-state index contributed by atoms with van der Waals surface area (Å²) in [7, 11) is 0. The predicted molar refractivity (Wildman–Crippen MR) is 123 cm³/mol. The van der Waals surface area contributed by atoms with Crippen LogP contribution in [0.1, 0.15) is 34.0 Å². The van der Waals surface area contributed by atoms with Crippen molar-refractivity contribution in [3.05, 3.63) is 98.4 Å². The molecule has 1 aliphatic carbocycles. The molecule has 12 heteroatoms. The first-order valence-electron chi connectivity index (χ1n) is 10.4. The minimum atomic E-state index is -2.72. The van der Waals surface area contributed by atoms with Gasteiger partial charge >= 0.3 is 0 Å². The van der Waals surface area contributed by atoms with Gasteiger partial charge in [-0.25, -0.2) is 22.7 Å². The SMILES string of the molecule is Cc1nc2c(cc1F)C(Cc1cc3cn[nH]c3cc1F)C(C(=O)NS(=O)O)=C2c1ccc[nH]c1=O. The molecule has 0 fully saturated rings. The van der Waals surface area contributed by atoms with Gasteiger partial charge in [0.25, 0.3) is 22.7 Å². The molecule has 2 atom stereocenters. The van der Waals surface area contributed by atoms with Gasteiger partial charge in [-0.2, -0.15) is 5.10 Å². The number of carbonyl (C=O) groups excluding carboxylic acids is 1. The summed E-state index contributed by atoms with van der Waals surface area (Å²) in [5.74, 6) is -3.16. The Hall–Kier alpha value is -4.03. The minimum absolute atomic E-state index is 0.0331. The van der Waals surface area contributed by atoms with E-state index in [0.29, 0.717) is 10.9 Å². The second-order valence-corrected chi connectivity index (χ2v) is 8.74. The van der Waals surface area contributed by atoms with Gasteiger partial charge < -0.3 is 4.98 Å². The van der Waals surface area contributed by atoms with Gasteiger partial charge in [-0.05, 0) is 54.8 Å². The van der Waals surface area contributed by atoms with Crippen LogP contribution in [0.4, 0.5) is 8.78 Å². The van der Waals surface area contributed by atoms with E-state index in [4.69, 9.17) is 0 Å². The number of rotatable bonds is 5. The van der Waals surface area contributed by atoms with E-state index in [1.807, 2.05) is 4.72 Å². The Morgan fingerprint density at radius 2 is 2.06 bits per heavy atom. The largest absolute Gasteiger partial charge is 0.329 e. The fourth-order valence-electron chi connectivity index (χ4n) is 4.42. The van der Waals surface area contributed by atoms with Crippen molar-refractivity contribution in [3.8, 4) is 0 Å². The highest BCUT2D eigenvalue weighted by Crippen LogP contribution is 2.46. The van der Waals surface area contributed by atoms with E-state index in [1.54, 1.807) is 12.1 Å². The topological polar surface area (TPSA) is 141 Å². The molecule has 9 nitrogen and oxygen atoms in total. The minimum Gasteiger partial charge on any atom is -0.329 e. The monoisotopic (exact) mass is 497 g/mol. The highest BCUT2D eigenvalue weighted by molar-refractivity contribution is 7.77. The molecule has 5 rings (SSSR count). The summed E-state index contributed by atoms with van der Waals surface area (Å²) in [4.78, 5) is 32.7. The van der Waals surface area contributed by atoms with Gasteiger partial charge in [-0.1, -0.05) is 0 Å². The molecule has 1 aliphatic rings. The lowest BCUT2D eigenvalue weighted by molar-refractivity contribution is -0.116. The van der Waals surface area contributed by atoms with Gasteiger partial charge in [-0.15, -0.1) is 0 Å². The van der Waals surface area contributed by atoms with E-state index >= 15 is 0 Å². The lowest BCUT2D eigenvalue weighted by Gasteiger charge is -2.17. The van der Waals surface area contributed by atoms with E-state index < -0.39 is 40.3 Å².